The van der Waals surface area contributed by atoms with Crippen molar-refractivity contribution in [3.05, 3.63) is 42.2 Å². The van der Waals surface area contributed by atoms with Crippen molar-refractivity contribution >= 4 is 29.5 Å². The Morgan fingerprint density at radius 1 is 1.33 bits per heavy atom. The lowest BCUT2D eigenvalue weighted by atomic mass is 10.2. The van der Waals surface area contributed by atoms with E-state index in [0.29, 0.717) is 11.1 Å². The molecule has 0 aliphatic heterocycles. The molecule has 2 aromatic rings. The lowest BCUT2D eigenvalue weighted by molar-refractivity contribution is 0.731. The molecule has 0 aliphatic carbocycles. The second kappa shape index (κ2) is 7.34. The van der Waals surface area contributed by atoms with Gasteiger partial charge in [-0.05, 0) is 31.6 Å². The van der Waals surface area contributed by atoms with E-state index in [-0.39, 0.29) is 6.04 Å². The van der Waals surface area contributed by atoms with E-state index in [1.165, 1.54) is 6.33 Å². The Morgan fingerprint density at radius 3 is 2.81 bits per heavy atom. The SMILES string of the molecule is CC(C)NC(=S)Nn1cnnc1N/N=C/c1ccccc1. The fourth-order valence-corrected chi connectivity index (χ4v) is 1.83. The Morgan fingerprint density at radius 2 is 2.10 bits per heavy atom. The number of anilines is 1. The van der Waals surface area contributed by atoms with Crippen LogP contribution in [0.1, 0.15) is 19.4 Å². The van der Waals surface area contributed by atoms with Gasteiger partial charge in [0.25, 0.3) is 5.95 Å². The summed E-state index contributed by atoms with van der Waals surface area (Å²) in [7, 11) is 0. The largest absolute Gasteiger partial charge is 0.359 e. The molecular weight excluding hydrogens is 286 g/mol. The highest BCUT2D eigenvalue weighted by atomic mass is 32.1. The summed E-state index contributed by atoms with van der Waals surface area (Å²) in [4.78, 5) is 0. The number of nitrogens with one attached hydrogen (secondary N) is 3. The monoisotopic (exact) mass is 303 g/mol. The van der Waals surface area contributed by atoms with Crippen LogP contribution >= 0.6 is 12.2 Å². The highest BCUT2D eigenvalue weighted by Crippen LogP contribution is 2.00. The molecule has 0 unspecified atom stereocenters. The first kappa shape index (κ1) is 14.9. The Balaban J connectivity index is 1.94. The topological polar surface area (TPSA) is 79.2 Å². The molecule has 110 valence electrons. The maximum absolute atomic E-state index is 5.16. The molecule has 2 rings (SSSR count). The molecule has 1 aromatic heterocycles. The molecule has 21 heavy (non-hydrogen) atoms. The first-order valence-corrected chi connectivity index (χ1v) is 6.87. The molecule has 0 amide bonds. The van der Waals surface area contributed by atoms with E-state index >= 15 is 0 Å². The Labute approximate surface area is 128 Å². The van der Waals surface area contributed by atoms with E-state index < -0.39 is 0 Å². The zero-order valence-corrected chi connectivity index (χ0v) is 12.6. The van der Waals surface area contributed by atoms with Crippen molar-refractivity contribution in [1.29, 1.82) is 0 Å². The van der Waals surface area contributed by atoms with E-state index in [1.807, 2.05) is 44.2 Å². The van der Waals surface area contributed by atoms with Gasteiger partial charge in [0.05, 0.1) is 6.21 Å². The molecule has 3 N–H and O–H groups in total. The molecule has 0 radical (unpaired) electrons. The van der Waals surface area contributed by atoms with E-state index in [4.69, 9.17) is 12.2 Å². The van der Waals surface area contributed by atoms with E-state index in [2.05, 4.69) is 31.5 Å². The molecular formula is C13H17N7S. The fraction of sp³-hybridized carbons (Fsp3) is 0.231. The molecule has 1 aromatic carbocycles. The second-order valence-corrected chi connectivity index (χ2v) is 4.95. The number of benzene rings is 1. The van der Waals surface area contributed by atoms with Crippen LogP contribution in [-0.2, 0) is 0 Å². The number of nitrogens with zero attached hydrogens (tertiary/aromatic N) is 4. The molecule has 0 fully saturated rings. The van der Waals surface area contributed by atoms with Gasteiger partial charge in [-0.15, -0.1) is 10.2 Å². The standard InChI is InChI=1S/C13H17N7S/c1-10(2)16-13(21)19-20-9-15-18-12(20)17-14-8-11-6-4-3-5-7-11/h3-10H,1-2H3,(H,17,18)(H2,16,19,21)/b14-8+. The van der Waals surface area contributed by atoms with Crippen LogP contribution in [-0.4, -0.2) is 32.2 Å². The third-order valence-corrected chi connectivity index (χ3v) is 2.58. The lowest BCUT2D eigenvalue weighted by Gasteiger charge is -2.14. The van der Waals surface area contributed by atoms with Crippen molar-refractivity contribution in [1.82, 2.24) is 20.2 Å². The maximum atomic E-state index is 5.16. The molecule has 0 bridgehead atoms. The Hall–Kier alpha value is -2.48. The van der Waals surface area contributed by atoms with Crippen molar-refractivity contribution in [2.24, 2.45) is 5.10 Å². The predicted octanol–water partition coefficient (Wildman–Crippen LogP) is 1.55. The third kappa shape index (κ3) is 4.84. The van der Waals surface area contributed by atoms with Crippen molar-refractivity contribution in [3.8, 4) is 0 Å². The fourth-order valence-electron chi connectivity index (χ4n) is 1.50. The number of rotatable bonds is 5. The Bertz CT molecular complexity index is 606. The van der Waals surface area contributed by atoms with Crippen molar-refractivity contribution in [3.63, 3.8) is 0 Å². The summed E-state index contributed by atoms with van der Waals surface area (Å²) in [6.07, 6.45) is 3.21. The summed E-state index contributed by atoms with van der Waals surface area (Å²) < 4.78 is 1.56. The van der Waals surface area contributed by atoms with Crippen LogP contribution in [0.3, 0.4) is 0 Å². The molecule has 7 nitrogen and oxygen atoms in total. The zero-order valence-electron chi connectivity index (χ0n) is 11.8. The summed E-state index contributed by atoms with van der Waals surface area (Å²) in [6, 6.07) is 10.00. The van der Waals surface area contributed by atoms with Crippen LogP contribution in [0.15, 0.2) is 41.8 Å². The van der Waals surface area contributed by atoms with Crippen LogP contribution in [0.4, 0.5) is 5.95 Å². The van der Waals surface area contributed by atoms with Crippen molar-refractivity contribution in [2.75, 3.05) is 10.9 Å². The van der Waals surface area contributed by atoms with E-state index in [9.17, 15) is 0 Å². The van der Waals surface area contributed by atoms with Gasteiger partial charge in [-0.3, -0.25) is 5.43 Å². The molecule has 1 heterocycles. The predicted molar refractivity (Wildman–Crippen MR) is 87.9 cm³/mol. The van der Waals surface area contributed by atoms with Gasteiger partial charge in [-0.25, -0.2) is 10.1 Å². The molecule has 0 saturated heterocycles. The number of thiocarbonyl (C=S) groups is 1. The number of hydrazone groups is 1. The van der Waals surface area contributed by atoms with Gasteiger partial charge in [0, 0.05) is 6.04 Å². The van der Waals surface area contributed by atoms with E-state index in [0.717, 1.165) is 5.56 Å². The van der Waals surface area contributed by atoms with Gasteiger partial charge < -0.3 is 5.32 Å². The van der Waals surface area contributed by atoms with Gasteiger partial charge in [0.15, 0.2) is 5.11 Å². The van der Waals surface area contributed by atoms with Crippen LogP contribution in [0.2, 0.25) is 0 Å². The first-order valence-electron chi connectivity index (χ1n) is 6.47. The molecule has 0 spiro atoms. The molecule has 0 aliphatic rings. The highest BCUT2D eigenvalue weighted by Gasteiger charge is 2.04. The van der Waals surface area contributed by atoms with Crippen LogP contribution < -0.4 is 16.2 Å². The summed E-state index contributed by atoms with van der Waals surface area (Å²) in [5.41, 5.74) is 6.74. The zero-order chi connectivity index (χ0) is 15.1. The smallest absolute Gasteiger partial charge is 0.264 e. The summed E-state index contributed by atoms with van der Waals surface area (Å²) in [6.45, 7) is 4.01. The normalized spacial score (nSPS) is 10.8. The average Bonchev–Trinajstić information content (AvgIpc) is 2.86. The summed E-state index contributed by atoms with van der Waals surface area (Å²) >= 11 is 5.16. The molecule has 0 atom stereocenters. The van der Waals surface area contributed by atoms with Gasteiger partial charge in [-0.1, -0.05) is 30.3 Å². The highest BCUT2D eigenvalue weighted by molar-refractivity contribution is 7.80. The van der Waals surface area contributed by atoms with Crippen LogP contribution in [0, 0.1) is 0 Å². The number of aromatic nitrogens is 3. The number of hydrogen-bond donors (Lipinski definition) is 3. The van der Waals surface area contributed by atoms with Crippen LogP contribution in [0.25, 0.3) is 0 Å². The summed E-state index contributed by atoms with van der Waals surface area (Å²) in [5, 5.41) is 15.4. The second-order valence-electron chi connectivity index (χ2n) is 4.55. The lowest BCUT2D eigenvalue weighted by Crippen LogP contribution is -2.38. The average molecular weight is 303 g/mol. The Kier molecular flexibility index (Phi) is 5.22. The quantitative estimate of drug-likeness (QED) is 0.442. The van der Waals surface area contributed by atoms with Gasteiger partial charge in [0.1, 0.15) is 6.33 Å². The van der Waals surface area contributed by atoms with Gasteiger partial charge in [-0.2, -0.15) is 5.10 Å². The molecule has 0 saturated carbocycles. The van der Waals surface area contributed by atoms with Gasteiger partial charge in [0.2, 0.25) is 0 Å². The first-order chi connectivity index (χ1) is 10.1. The summed E-state index contributed by atoms with van der Waals surface area (Å²) in [5.74, 6) is 0.440. The number of hydrogen-bond acceptors (Lipinski definition) is 5. The van der Waals surface area contributed by atoms with Crippen molar-refractivity contribution < 1.29 is 0 Å². The van der Waals surface area contributed by atoms with Gasteiger partial charge >= 0.3 is 0 Å². The minimum atomic E-state index is 0.244. The van der Waals surface area contributed by atoms with E-state index in [1.54, 1.807) is 10.9 Å². The maximum Gasteiger partial charge on any atom is 0.264 e. The minimum Gasteiger partial charge on any atom is -0.359 e. The third-order valence-electron chi connectivity index (χ3n) is 2.37. The minimum absolute atomic E-state index is 0.244. The van der Waals surface area contributed by atoms with Crippen molar-refractivity contribution in [2.45, 2.75) is 19.9 Å². The van der Waals surface area contributed by atoms with Crippen LogP contribution in [0.5, 0.6) is 0 Å². The molecule has 8 heteroatoms.